The van der Waals surface area contributed by atoms with Crippen LogP contribution in [0.2, 0.25) is 0 Å². The first kappa shape index (κ1) is 63.5. The number of ether oxygens (including phenoxy) is 11. The molecule has 6 rings (SSSR count). The maximum absolute atomic E-state index is 15.0. The largest absolute Gasteiger partial charge is 0.513 e. The SMILES string of the molecule is COc1ccccc1Oc1c(OCCOC(=O)Oc2cccc(CON(O)O)c2)nc(-c2ccnc(-c3nnnn3COC(=O)OCCOCCON(O)O)c2)nc1N(COC(=O)OCCOCCON(O)O)S(=O)(=O)c1ccc(C)cn1. The van der Waals surface area contributed by atoms with Gasteiger partial charge in [0.2, 0.25) is 11.6 Å². The number of para-hydroxylation sites is 2. The number of nitrogens with zero attached hydrogens (tertiary/aromatic N) is 12. The first-order chi connectivity index (χ1) is 40.0. The topological polar surface area (TPSA) is 444 Å². The molecule has 0 atom stereocenters. The van der Waals surface area contributed by atoms with Gasteiger partial charge in [-0.15, -0.1) is 5.10 Å². The van der Waals surface area contributed by atoms with Crippen LogP contribution in [0, 0.1) is 6.92 Å². The van der Waals surface area contributed by atoms with Crippen molar-refractivity contribution >= 4 is 34.3 Å². The number of carbonyl (C=O) groups excluding carboxylic acids is 3. The second kappa shape index (κ2) is 32.7. The molecule has 448 valence electrons. The molecule has 0 radical (unpaired) electrons. The van der Waals surface area contributed by atoms with Gasteiger partial charge in [-0.2, -0.15) is 18.1 Å². The molecule has 6 N–H and O–H groups in total. The Balaban J connectivity index is 1.37. The second-order valence-corrected chi connectivity index (χ2v) is 17.4. The highest BCUT2D eigenvalue weighted by Gasteiger charge is 2.35. The lowest BCUT2D eigenvalue weighted by atomic mass is 10.2. The van der Waals surface area contributed by atoms with Gasteiger partial charge < -0.3 is 52.1 Å². The number of carbonyl (C=O) groups is 3. The zero-order chi connectivity index (χ0) is 59.6. The second-order valence-electron chi connectivity index (χ2n) is 15.6. The monoisotopic (exact) mass is 1190 g/mol. The molecule has 0 unspecified atom stereocenters. The third kappa shape index (κ3) is 20.7. The number of rotatable bonds is 34. The van der Waals surface area contributed by atoms with Crippen LogP contribution >= 0.6 is 0 Å². The molecule has 0 fully saturated rings. The molecule has 0 saturated carbocycles. The maximum atomic E-state index is 15.0. The van der Waals surface area contributed by atoms with E-state index in [2.05, 4.69) is 50.0 Å². The van der Waals surface area contributed by atoms with E-state index in [1.165, 1.54) is 74.1 Å². The van der Waals surface area contributed by atoms with E-state index in [4.69, 9.17) is 83.3 Å². The molecule has 0 aliphatic carbocycles. The summed E-state index contributed by atoms with van der Waals surface area (Å²) in [6.45, 7) is -3.42. The molecule has 0 amide bonds. The molecule has 2 aromatic carbocycles. The van der Waals surface area contributed by atoms with Crippen LogP contribution in [0.4, 0.5) is 20.2 Å². The molecule has 37 nitrogen and oxygen atoms in total. The van der Waals surface area contributed by atoms with Gasteiger partial charge >= 0.3 is 18.5 Å². The molecule has 83 heavy (non-hydrogen) atoms. The fourth-order valence-corrected chi connectivity index (χ4v) is 7.50. The normalized spacial score (nSPS) is 11.4. The number of tetrazole rings is 1. The predicted octanol–water partition coefficient (Wildman–Crippen LogP) is 3.28. The van der Waals surface area contributed by atoms with E-state index in [9.17, 15) is 22.8 Å². The third-order valence-corrected chi connectivity index (χ3v) is 11.5. The third-order valence-electron chi connectivity index (χ3n) is 9.91. The number of aromatic nitrogens is 8. The molecule has 0 aliphatic rings. The molecular weight excluding hydrogens is 1140 g/mol. The highest BCUT2D eigenvalue weighted by Crippen LogP contribution is 2.44. The number of anilines is 1. The van der Waals surface area contributed by atoms with E-state index < -0.39 is 100 Å². The van der Waals surface area contributed by atoms with Gasteiger partial charge in [-0.25, -0.2) is 43.2 Å². The van der Waals surface area contributed by atoms with Crippen molar-refractivity contribution in [1.29, 1.82) is 0 Å². The van der Waals surface area contributed by atoms with Crippen molar-refractivity contribution in [3.8, 4) is 51.8 Å². The molecule has 6 aromatic rings. The summed E-state index contributed by atoms with van der Waals surface area (Å²) >= 11 is 0. The van der Waals surface area contributed by atoms with Crippen LogP contribution in [0.25, 0.3) is 22.9 Å². The van der Waals surface area contributed by atoms with E-state index in [1.807, 2.05) is 0 Å². The quantitative estimate of drug-likeness (QED) is 0.00843. The lowest BCUT2D eigenvalue weighted by Crippen LogP contribution is -2.36. The Hall–Kier alpha value is -8.71. The van der Waals surface area contributed by atoms with Crippen molar-refractivity contribution in [2.24, 2.45) is 0 Å². The van der Waals surface area contributed by atoms with Gasteiger partial charge in [0, 0.05) is 18.0 Å². The fourth-order valence-electron chi connectivity index (χ4n) is 6.30. The zero-order valence-electron chi connectivity index (χ0n) is 43.5. The summed E-state index contributed by atoms with van der Waals surface area (Å²) in [7, 11) is -3.68. The summed E-state index contributed by atoms with van der Waals surface area (Å²) in [6, 6.07) is 17.3. The molecule has 4 aromatic heterocycles. The first-order valence-electron chi connectivity index (χ1n) is 23.6. The van der Waals surface area contributed by atoms with Crippen molar-refractivity contribution in [2.75, 3.05) is 84.2 Å². The van der Waals surface area contributed by atoms with Gasteiger partial charge in [-0.05, 0) is 70.9 Å². The van der Waals surface area contributed by atoms with Crippen LogP contribution in [0.3, 0.4) is 0 Å². The summed E-state index contributed by atoms with van der Waals surface area (Å²) in [4.78, 5) is 69.6. The molecular formula is C45H52N12O25S. The summed E-state index contributed by atoms with van der Waals surface area (Å²) in [6.07, 6.45) is -1.25. The molecule has 0 bridgehead atoms. The molecule has 4 heterocycles. The van der Waals surface area contributed by atoms with Gasteiger partial charge in [0.1, 0.15) is 37.9 Å². The zero-order valence-corrected chi connectivity index (χ0v) is 44.3. The highest BCUT2D eigenvalue weighted by atomic mass is 32.2. The van der Waals surface area contributed by atoms with Crippen LogP contribution in [0.5, 0.6) is 28.9 Å². The van der Waals surface area contributed by atoms with E-state index in [-0.39, 0.29) is 93.0 Å². The minimum atomic E-state index is -5.01. The number of sulfonamides is 1. The summed E-state index contributed by atoms with van der Waals surface area (Å²) in [5.74, 6) is -2.19. The molecule has 0 saturated heterocycles. The Kier molecular flexibility index (Phi) is 25.0. The Morgan fingerprint density at radius 3 is 2.00 bits per heavy atom. The summed E-state index contributed by atoms with van der Waals surface area (Å²) in [5.41, 5.74) is 0.986. The van der Waals surface area contributed by atoms with Gasteiger partial charge in [0.05, 0.1) is 69.5 Å². The van der Waals surface area contributed by atoms with Crippen LogP contribution in [0.1, 0.15) is 11.1 Å². The van der Waals surface area contributed by atoms with Crippen molar-refractivity contribution in [1.82, 2.24) is 56.3 Å². The van der Waals surface area contributed by atoms with Crippen LogP contribution in [-0.4, -0.2) is 194 Å². The lowest BCUT2D eigenvalue weighted by Gasteiger charge is -2.26. The molecule has 0 aliphatic heterocycles. The van der Waals surface area contributed by atoms with Gasteiger partial charge in [-0.1, -0.05) is 30.3 Å². The van der Waals surface area contributed by atoms with Gasteiger partial charge in [0.15, 0.2) is 41.6 Å². The minimum Gasteiger partial charge on any atom is -0.493 e. The summed E-state index contributed by atoms with van der Waals surface area (Å²) < 4.78 is 91.0. The number of hydrogen-bond donors (Lipinski definition) is 6. The smallest absolute Gasteiger partial charge is 0.493 e. The predicted molar refractivity (Wildman–Crippen MR) is 262 cm³/mol. The molecule has 0 spiro atoms. The Labute approximate surface area is 467 Å². The van der Waals surface area contributed by atoms with E-state index >= 15 is 0 Å². The van der Waals surface area contributed by atoms with E-state index in [0.29, 0.717) is 15.4 Å². The van der Waals surface area contributed by atoms with Gasteiger partial charge in [0.25, 0.3) is 15.9 Å². The number of aryl methyl sites for hydroxylation is 1. The first-order valence-corrected chi connectivity index (χ1v) is 25.1. The Morgan fingerprint density at radius 1 is 0.663 bits per heavy atom. The van der Waals surface area contributed by atoms with E-state index in [1.54, 1.807) is 25.1 Å². The maximum Gasteiger partial charge on any atom is 0.513 e. The van der Waals surface area contributed by atoms with Crippen molar-refractivity contribution in [3.63, 3.8) is 0 Å². The van der Waals surface area contributed by atoms with Crippen molar-refractivity contribution in [3.05, 3.63) is 96.3 Å². The van der Waals surface area contributed by atoms with Crippen LogP contribution < -0.4 is 23.3 Å². The minimum absolute atomic E-state index is 0.000183. The number of hydrogen-bond acceptors (Lipinski definition) is 35. The summed E-state index contributed by atoms with van der Waals surface area (Å²) in [5, 5.41) is 61.8. The number of benzene rings is 2. The van der Waals surface area contributed by atoms with Crippen LogP contribution in [0.15, 0.2) is 90.2 Å². The Morgan fingerprint density at radius 2 is 1.33 bits per heavy atom. The average Bonchev–Trinajstić information content (AvgIpc) is 4.10. The lowest BCUT2D eigenvalue weighted by molar-refractivity contribution is -0.497. The van der Waals surface area contributed by atoms with Crippen molar-refractivity contribution in [2.45, 2.75) is 25.3 Å². The standard InChI is InChI=1S/C45H52N12O25S/c1-30-10-11-37(47-26-30)83(67,68)54(29-77-44(59)74-19-15-71-17-23-79-56(63)64)41-38(82-36-9-4-3-8-35(36)69-2)42(72-20-21-75-45(60)81-33-7-5-6-31(24-33)27-80-57(65)66)49-39(48-41)32-12-13-46-34(25-32)40-50-51-52-53(40)28-76-43(58)73-18-14-70-16-22-78-55(61)62/h3-13,24-26,61-66H,14-23,27-29H2,1-2H3. The van der Waals surface area contributed by atoms with Gasteiger partial charge in [-0.3, -0.25) is 36.2 Å². The number of pyridine rings is 2. The fraction of sp³-hybridized carbons (Fsp3) is 0.333. The van der Waals surface area contributed by atoms with E-state index in [0.717, 1.165) is 4.68 Å². The number of methoxy groups -OCH3 is 1. The average molecular weight is 1190 g/mol. The Bertz CT molecular complexity index is 3130. The molecule has 38 heteroatoms. The van der Waals surface area contributed by atoms with Crippen LogP contribution in [-0.2, 0) is 71.0 Å². The highest BCUT2D eigenvalue weighted by molar-refractivity contribution is 7.92. The van der Waals surface area contributed by atoms with Crippen molar-refractivity contribution < 1.29 is 121 Å².